The van der Waals surface area contributed by atoms with Gasteiger partial charge in [-0.05, 0) is 25.2 Å². The van der Waals surface area contributed by atoms with Gasteiger partial charge in [0.25, 0.3) is 0 Å². The topological polar surface area (TPSA) is 54.4 Å². The SMILES string of the molecule is CC(C)CCC(=O)C1(C(=O)O)CC1. The number of carbonyl (C=O) groups is 2. The highest BCUT2D eigenvalue weighted by molar-refractivity contribution is 6.05. The van der Waals surface area contributed by atoms with Crippen molar-refractivity contribution < 1.29 is 14.7 Å². The second-order valence-electron chi connectivity index (χ2n) is 4.24. The highest BCUT2D eigenvalue weighted by Gasteiger charge is 2.55. The van der Waals surface area contributed by atoms with Crippen molar-refractivity contribution >= 4 is 11.8 Å². The minimum atomic E-state index is -0.977. The quantitative estimate of drug-likeness (QED) is 0.663. The summed E-state index contributed by atoms with van der Waals surface area (Å²) in [5.74, 6) is -0.538. The Morgan fingerprint density at radius 2 is 1.92 bits per heavy atom. The second-order valence-corrected chi connectivity index (χ2v) is 4.24. The van der Waals surface area contributed by atoms with E-state index in [1.54, 1.807) is 0 Å². The number of carboxylic acids is 1. The zero-order chi connectivity index (χ0) is 10.1. The van der Waals surface area contributed by atoms with Gasteiger partial charge in [-0.1, -0.05) is 13.8 Å². The van der Waals surface area contributed by atoms with E-state index in [1.807, 2.05) is 13.8 Å². The molecule has 74 valence electrons. The van der Waals surface area contributed by atoms with Crippen LogP contribution in [-0.2, 0) is 9.59 Å². The van der Waals surface area contributed by atoms with Crippen LogP contribution in [0.25, 0.3) is 0 Å². The summed E-state index contributed by atoms with van der Waals surface area (Å²) >= 11 is 0. The Morgan fingerprint density at radius 3 is 2.23 bits per heavy atom. The van der Waals surface area contributed by atoms with Gasteiger partial charge in [0.1, 0.15) is 11.2 Å². The molecule has 0 heterocycles. The van der Waals surface area contributed by atoms with Gasteiger partial charge in [0.05, 0.1) is 0 Å². The maximum absolute atomic E-state index is 11.5. The molecule has 0 radical (unpaired) electrons. The number of Topliss-reactive ketones (excluding diaryl/α,β-unsaturated/α-hetero) is 1. The first-order valence-corrected chi connectivity index (χ1v) is 4.76. The summed E-state index contributed by atoms with van der Waals surface area (Å²) in [6.07, 6.45) is 2.30. The summed E-state index contributed by atoms with van der Waals surface area (Å²) in [6, 6.07) is 0. The maximum atomic E-state index is 11.5. The Balaban J connectivity index is 2.44. The van der Waals surface area contributed by atoms with Gasteiger partial charge in [0.15, 0.2) is 0 Å². The molecule has 0 aromatic heterocycles. The number of ketones is 1. The number of hydrogen-bond donors (Lipinski definition) is 1. The lowest BCUT2D eigenvalue weighted by atomic mass is 9.94. The number of hydrogen-bond acceptors (Lipinski definition) is 2. The molecule has 0 aliphatic heterocycles. The third-order valence-corrected chi connectivity index (χ3v) is 2.64. The van der Waals surface area contributed by atoms with Crippen molar-refractivity contribution in [2.24, 2.45) is 11.3 Å². The molecule has 0 bridgehead atoms. The fourth-order valence-electron chi connectivity index (χ4n) is 1.40. The van der Waals surface area contributed by atoms with E-state index in [0.29, 0.717) is 25.2 Å². The molecular weight excluding hydrogens is 168 g/mol. The molecule has 0 atom stereocenters. The first kappa shape index (κ1) is 10.2. The average molecular weight is 184 g/mol. The van der Waals surface area contributed by atoms with Crippen LogP contribution in [0.4, 0.5) is 0 Å². The standard InChI is InChI=1S/C10H16O3/c1-7(2)3-4-8(11)10(5-6-10)9(12)13/h7H,3-6H2,1-2H3,(H,12,13). The molecule has 3 nitrogen and oxygen atoms in total. The first-order valence-electron chi connectivity index (χ1n) is 4.76. The molecule has 0 unspecified atom stereocenters. The Kier molecular flexibility index (Phi) is 2.74. The average Bonchev–Trinajstić information content (AvgIpc) is 2.79. The van der Waals surface area contributed by atoms with Crippen molar-refractivity contribution in [3.63, 3.8) is 0 Å². The van der Waals surface area contributed by atoms with Gasteiger partial charge >= 0.3 is 5.97 Å². The van der Waals surface area contributed by atoms with Gasteiger partial charge in [0, 0.05) is 6.42 Å². The molecule has 1 aliphatic rings. The van der Waals surface area contributed by atoms with Crippen molar-refractivity contribution in [2.75, 3.05) is 0 Å². The van der Waals surface area contributed by atoms with Gasteiger partial charge in [-0.2, -0.15) is 0 Å². The summed E-state index contributed by atoms with van der Waals surface area (Å²) < 4.78 is 0. The van der Waals surface area contributed by atoms with Crippen LogP contribution in [0.5, 0.6) is 0 Å². The normalized spacial score (nSPS) is 18.7. The van der Waals surface area contributed by atoms with Crippen LogP contribution in [-0.4, -0.2) is 16.9 Å². The van der Waals surface area contributed by atoms with Gasteiger partial charge in [0.2, 0.25) is 0 Å². The molecule has 1 fully saturated rings. The van der Waals surface area contributed by atoms with Crippen molar-refractivity contribution in [1.29, 1.82) is 0 Å². The van der Waals surface area contributed by atoms with Gasteiger partial charge in [-0.3, -0.25) is 9.59 Å². The van der Waals surface area contributed by atoms with Crippen LogP contribution in [0.1, 0.15) is 39.5 Å². The predicted molar refractivity (Wildman–Crippen MR) is 48.4 cm³/mol. The molecule has 0 saturated heterocycles. The van der Waals surface area contributed by atoms with Gasteiger partial charge in [-0.15, -0.1) is 0 Å². The van der Waals surface area contributed by atoms with E-state index in [2.05, 4.69) is 0 Å². The van der Waals surface area contributed by atoms with Crippen molar-refractivity contribution in [3.8, 4) is 0 Å². The van der Waals surface area contributed by atoms with Gasteiger partial charge < -0.3 is 5.11 Å². The minimum absolute atomic E-state index is 0.0753. The van der Waals surface area contributed by atoms with Crippen LogP contribution in [0.3, 0.4) is 0 Å². The van der Waals surface area contributed by atoms with Crippen LogP contribution >= 0.6 is 0 Å². The van der Waals surface area contributed by atoms with Gasteiger partial charge in [-0.25, -0.2) is 0 Å². The van der Waals surface area contributed by atoms with E-state index in [0.717, 1.165) is 6.42 Å². The fourth-order valence-corrected chi connectivity index (χ4v) is 1.40. The predicted octanol–water partition coefficient (Wildman–Crippen LogP) is 1.86. The number of rotatable bonds is 5. The Bertz CT molecular complexity index is 226. The third kappa shape index (κ3) is 2.08. The molecule has 1 rings (SSSR count). The Hall–Kier alpha value is -0.860. The number of aliphatic carboxylic acids is 1. The zero-order valence-electron chi connectivity index (χ0n) is 8.17. The summed E-state index contributed by atoms with van der Waals surface area (Å²) in [6.45, 7) is 4.07. The molecule has 0 spiro atoms. The monoisotopic (exact) mass is 184 g/mol. The maximum Gasteiger partial charge on any atom is 0.317 e. The molecule has 1 N–H and O–H groups in total. The third-order valence-electron chi connectivity index (χ3n) is 2.64. The number of carboxylic acid groups (broad SMARTS) is 1. The highest BCUT2D eigenvalue weighted by Crippen LogP contribution is 2.47. The second kappa shape index (κ2) is 3.48. The lowest BCUT2D eigenvalue weighted by Crippen LogP contribution is -2.25. The molecular formula is C10H16O3. The summed E-state index contributed by atoms with van der Waals surface area (Å²) in [7, 11) is 0. The van der Waals surface area contributed by atoms with Crippen LogP contribution in [0.15, 0.2) is 0 Å². The zero-order valence-corrected chi connectivity index (χ0v) is 8.17. The minimum Gasteiger partial charge on any atom is -0.480 e. The van der Waals surface area contributed by atoms with Crippen molar-refractivity contribution in [3.05, 3.63) is 0 Å². The van der Waals surface area contributed by atoms with Crippen molar-refractivity contribution in [2.45, 2.75) is 39.5 Å². The molecule has 1 aliphatic carbocycles. The summed E-state index contributed by atoms with van der Waals surface area (Å²) in [5, 5.41) is 8.82. The Labute approximate surface area is 78.1 Å². The van der Waals surface area contributed by atoms with Crippen molar-refractivity contribution in [1.82, 2.24) is 0 Å². The lowest BCUT2D eigenvalue weighted by molar-refractivity contribution is -0.148. The molecule has 3 heteroatoms. The molecule has 0 amide bonds. The number of carbonyl (C=O) groups excluding carboxylic acids is 1. The van der Waals surface area contributed by atoms with E-state index in [-0.39, 0.29) is 5.78 Å². The van der Waals surface area contributed by atoms with E-state index in [1.165, 1.54) is 0 Å². The van der Waals surface area contributed by atoms with E-state index in [9.17, 15) is 9.59 Å². The molecule has 1 saturated carbocycles. The van der Waals surface area contributed by atoms with Crippen LogP contribution < -0.4 is 0 Å². The summed E-state index contributed by atoms with van der Waals surface area (Å²) in [5.41, 5.74) is -0.977. The molecule has 13 heavy (non-hydrogen) atoms. The van der Waals surface area contributed by atoms with E-state index < -0.39 is 11.4 Å². The fraction of sp³-hybridized carbons (Fsp3) is 0.800. The largest absolute Gasteiger partial charge is 0.480 e. The molecule has 0 aromatic rings. The molecule has 0 aromatic carbocycles. The van der Waals surface area contributed by atoms with E-state index in [4.69, 9.17) is 5.11 Å². The summed E-state index contributed by atoms with van der Waals surface area (Å²) in [4.78, 5) is 22.2. The van der Waals surface area contributed by atoms with Crippen LogP contribution in [0, 0.1) is 11.3 Å². The Morgan fingerprint density at radius 1 is 1.38 bits per heavy atom. The highest BCUT2D eigenvalue weighted by atomic mass is 16.4. The lowest BCUT2D eigenvalue weighted by Gasteiger charge is -2.09. The van der Waals surface area contributed by atoms with E-state index >= 15 is 0 Å². The first-order chi connectivity index (χ1) is 5.99. The van der Waals surface area contributed by atoms with Crippen LogP contribution in [0.2, 0.25) is 0 Å². The smallest absolute Gasteiger partial charge is 0.317 e.